The van der Waals surface area contributed by atoms with Crippen LogP contribution in [0.25, 0.3) is 5.65 Å². The highest BCUT2D eigenvalue weighted by Gasteiger charge is 2.33. The zero-order valence-corrected chi connectivity index (χ0v) is 14.8. The van der Waals surface area contributed by atoms with Crippen molar-refractivity contribution in [2.45, 2.75) is 44.8 Å². The summed E-state index contributed by atoms with van der Waals surface area (Å²) in [5, 5.41) is 10.1. The van der Waals surface area contributed by atoms with Gasteiger partial charge in [0.05, 0.1) is 18.2 Å². The van der Waals surface area contributed by atoms with E-state index >= 15 is 0 Å². The Bertz CT molecular complexity index is 764. The van der Waals surface area contributed by atoms with E-state index in [1.807, 2.05) is 40.8 Å². The van der Waals surface area contributed by atoms with E-state index in [1.54, 1.807) is 0 Å². The molecule has 2 aromatic rings. The molecule has 0 spiro atoms. The minimum atomic E-state index is -0.191. The first-order valence-electron chi connectivity index (χ1n) is 9.25. The van der Waals surface area contributed by atoms with Gasteiger partial charge in [-0.25, -0.2) is 4.98 Å². The summed E-state index contributed by atoms with van der Waals surface area (Å²) in [5.41, 5.74) is 2.86. The lowest BCUT2D eigenvalue weighted by atomic mass is 10.1. The van der Waals surface area contributed by atoms with Crippen molar-refractivity contribution in [3.05, 3.63) is 35.8 Å². The molecule has 2 aromatic heterocycles. The lowest BCUT2D eigenvalue weighted by Crippen LogP contribution is -2.53. The smallest absolute Gasteiger partial charge is 0.228 e. The monoisotopic (exact) mass is 342 g/mol. The second-order valence-electron chi connectivity index (χ2n) is 7.31. The van der Waals surface area contributed by atoms with Crippen molar-refractivity contribution in [1.82, 2.24) is 19.2 Å². The van der Waals surface area contributed by atoms with E-state index in [9.17, 15) is 9.90 Å². The van der Waals surface area contributed by atoms with E-state index in [4.69, 9.17) is 0 Å². The number of nitrogens with zero attached hydrogens (tertiary/aromatic N) is 4. The van der Waals surface area contributed by atoms with E-state index in [0.717, 1.165) is 62.3 Å². The molecule has 2 atom stereocenters. The number of pyridine rings is 1. The Morgan fingerprint density at radius 3 is 2.76 bits per heavy atom. The fourth-order valence-corrected chi connectivity index (χ4v) is 4.21. The third kappa shape index (κ3) is 3.28. The van der Waals surface area contributed by atoms with E-state index in [0.29, 0.717) is 12.5 Å². The van der Waals surface area contributed by atoms with Crippen molar-refractivity contribution in [3.63, 3.8) is 0 Å². The van der Waals surface area contributed by atoms with Crippen LogP contribution in [-0.2, 0) is 11.2 Å². The molecule has 0 unspecified atom stereocenters. The van der Waals surface area contributed by atoms with Crippen LogP contribution >= 0.6 is 0 Å². The van der Waals surface area contributed by atoms with Gasteiger partial charge in [-0.15, -0.1) is 0 Å². The van der Waals surface area contributed by atoms with E-state index < -0.39 is 0 Å². The highest BCUT2D eigenvalue weighted by Crippen LogP contribution is 2.25. The molecule has 1 saturated carbocycles. The Labute approximate surface area is 148 Å². The summed E-state index contributed by atoms with van der Waals surface area (Å²) in [6, 6.07) is 4.32. The SMILES string of the molecule is Cc1cccn2cc(CC(=O)N3CCN([C@H]4CCC[C@H]4O)CC3)nc12. The number of aryl methyl sites for hydroxylation is 1. The minimum Gasteiger partial charge on any atom is -0.391 e. The van der Waals surface area contributed by atoms with Gasteiger partial charge >= 0.3 is 0 Å². The van der Waals surface area contributed by atoms with Crippen molar-refractivity contribution in [1.29, 1.82) is 0 Å². The predicted octanol–water partition coefficient (Wildman–Crippen LogP) is 1.24. The maximum atomic E-state index is 12.6. The molecule has 0 aromatic carbocycles. The number of carbonyl (C=O) groups is 1. The zero-order valence-electron chi connectivity index (χ0n) is 14.8. The summed E-state index contributed by atoms with van der Waals surface area (Å²) in [6.07, 6.45) is 7.18. The zero-order chi connectivity index (χ0) is 17.4. The normalized spacial score (nSPS) is 25.0. The number of carbonyl (C=O) groups excluding carboxylic acids is 1. The van der Waals surface area contributed by atoms with Gasteiger partial charge in [-0.1, -0.05) is 6.07 Å². The number of amides is 1. The maximum absolute atomic E-state index is 12.6. The maximum Gasteiger partial charge on any atom is 0.228 e. The van der Waals surface area contributed by atoms with Gasteiger partial charge in [-0.05, 0) is 37.8 Å². The van der Waals surface area contributed by atoms with Crippen molar-refractivity contribution in [2.75, 3.05) is 26.2 Å². The van der Waals surface area contributed by atoms with Crippen molar-refractivity contribution < 1.29 is 9.90 Å². The fourth-order valence-electron chi connectivity index (χ4n) is 4.21. The van der Waals surface area contributed by atoms with Crippen LogP contribution < -0.4 is 0 Å². The first-order valence-corrected chi connectivity index (χ1v) is 9.25. The van der Waals surface area contributed by atoms with Crippen LogP contribution in [0.2, 0.25) is 0 Å². The molecule has 25 heavy (non-hydrogen) atoms. The number of hydrogen-bond donors (Lipinski definition) is 1. The van der Waals surface area contributed by atoms with Crippen LogP contribution in [0.4, 0.5) is 0 Å². The molecule has 2 aliphatic rings. The van der Waals surface area contributed by atoms with Gasteiger partial charge in [0.15, 0.2) is 0 Å². The van der Waals surface area contributed by atoms with E-state index in [-0.39, 0.29) is 12.0 Å². The molecule has 1 aliphatic carbocycles. The second-order valence-corrected chi connectivity index (χ2v) is 7.31. The third-order valence-corrected chi connectivity index (χ3v) is 5.64. The van der Waals surface area contributed by atoms with Crippen LogP contribution in [0.1, 0.15) is 30.5 Å². The molecule has 0 radical (unpaired) electrons. The van der Waals surface area contributed by atoms with Crippen LogP contribution in [0.3, 0.4) is 0 Å². The van der Waals surface area contributed by atoms with Crippen molar-refractivity contribution in [3.8, 4) is 0 Å². The van der Waals surface area contributed by atoms with Gasteiger partial charge in [0, 0.05) is 44.6 Å². The fraction of sp³-hybridized carbons (Fsp3) is 0.579. The predicted molar refractivity (Wildman–Crippen MR) is 95.4 cm³/mol. The molecular weight excluding hydrogens is 316 g/mol. The number of aliphatic hydroxyl groups is 1. The Kier molecular flexibility index (Phi) is 4.48. The van der Waals surface area contributed by atoms with Crippen LogP contribution in [0.5, 0.6) is 0 Å². The summed E-state index contributed by atoms with van der Waals surface area (Å²) < 4.78 is 1.98. The number of aromatic nitrogens is 2. The largest absolute Gasteiger partial charge is 0.391 e. The average molecular weight is 342 g/mol. The highest BCUT2D eigenvalue weighted by atomic mass is 16.3. The Balaban J connectivity index is 1.36. The van der Waals surface area contributed by atoms with Gasteiger partial charge in [-0.3, -0.25) is 9.69 Å². The average Bonchev–Trinajstić information content (AvgIpc) is 3.21. The van der Waals surface area contributed by atoms with Gasteiger partial charge in [-0.2, -0.15) is 0 Å². The summed E-state index contributed by atoms with van der Waals surface area (Å²) >= 11 is 0. The number of aliphatic hydroxyl groups excluding tert-OH is 1. The van der Waals surface area contributed by atoms with Crippen LogP contribution in [0.15, 0.2) is 24.5 Å². The summed E-state index contributed by atoms with van der Waals surface area (Å²) in [7, 11) is 0. The molecule has 3 heterocycles. The standard InChI is InChI=1S/C19H26N4O2/c1-14-4-3-7-23-13-15(20-19(14)23)12-18(25)22-10-8-21(9-11-22)16-5-2-6-17(16)24/h3-4,7,13,16-17,24H,2,5-6,8-12H2,1H3/t16-,17+/m0/s1. The van der Waals surface area contributed by atoms with Gasteiger partial charge < -0.3 is 14.4 Å². The molecule has 1 N–H and O–H groups in total. The number of fused-ring (bicyclic) bond motifs is 1. The molecule has 6 nitrogen and oxygen atoms in total. The summed E-state index contributed by atoms with van der Waals surface area (Å²) in [4.78, 5) is 21.5. The summed E-state index contributed by atoms with van der Waals surface area (Å²) in [6.45, 7) is 5.24. The Morgan fingerprint density at radius 2 is 2.08 bits per heavy atom. The molecule has 134 valence electrons. The van der Waals surface area contributed by atoms with Gasteiger partial charge in [0.25, 0.3) is 0 Å². The minimum absolute atomic E-state index is 0.146. The molecule has 1 amide bonds. The number of hydrogen-bond acceptors (Lipinski definition) is 4. The molecule has 4 rings (SSSR count). The van der Waals surface area contributed by atoms with Crippen LogP contribution in [-0.4, -0.2) is 68.5 Å². The van der Waals surface area contributed by atoms with E-state index in [2.05, 4.69) is 9.88 Å². The number of piperazine rings is 1. The number of rotatable bonds is 3. The molecule has 1 aliphatic heterocycles. The quantitative estimate of drug-likeness (QED) is 0.912. The molecule has 1 saturated heterocycles. The molecular formula is C19H26N4O2. The van der Waals surface area contributed by atoms with Gasteiger partial charge in [0.1, 0.15) is 5.65 Å². The molecule has 2 fully saturated rings. The first kappa shape index (κ1) is 16.5. The third-order valence-electron chi connectivity index (χ3n) is 5.64. The van der Waals surface area contributed by atoms with E-state index in [1.165, 1.54) is 0 Å². The number of imidazole rings is 1. The summed E-state index contributed by atoms with van der Waals surface area (Å²) in [5.74, 6) is 0.146. The lowest BCUT2D eigenvalue weighted by Gasteiger charge is -2.39. The topological polar surface area (TPSA) is 61.1 Å². The second kappa shape index (κ2) is 6.77. The Hall–Kier alpha value is -1.92. The highest BCUT2D eigenvalue weighted by molar-refractivity contribution is 5.78. The first-order chi connectivity index (χ1) is 12.1. The lowest BCUT2D eigenvalue weighted by molar-refractivity contribution is -0.132. The molecule has 0 bridgehead atoms. The molecule has 6 heteroatoms. The van der Waals surface area contributed by atoms with Crippen LogP contribution in [0, 0.1) is 6.92 Å². The van der Waals surface area contributed by atoms with Gasteiger partial charge in [0.2, 0.25) is 5.91 Å². The van der Waals surface area contributed by atoms with Crippen molar-refractivity contribution in [2.24, 2.45) is 0 Å². The Morgan fingerprint density at radius 1 is 1.28 bits per heavy atom. The van der Waals surface area contributed by atoms with Crippen molar-refractivity contribution >= 4 is 11.6 Å².